The Balaban J connectivity index is 3.14. The third-order valence-corrected chi connectivity index (χ3v) is 1.46. The lowest BCUT2D eigenvalue weighted by Crippen LogP contribution is -2.03. The van der Waals surface area contributed by atoms with Crippen molar-refractivity contribution in [3.8, 4) is 0 Å². The fraction of sp³-hybridized carbons (Fsp3) is 0.167. The second-order valence-corrected chi connectivity index (χ2v) is 2.19. The largest absolute Gasteiger partial charge is 0.465 e. The van der Waals surface area contributed by atoms with Gasteiger partial charge in [-0.25, -0.2) is 9.78 Å². The van der Waals surface area contributed by atoms with Crippen LogP contribution in [0.15, 0.2) is 12.5 Å². The SMILES string of the molecule is COC(=O)c1cnc[nH]c1=S. The van der Waals surface area contributed by atoms with Crippen LogP contribution in [-0.2, 0) is 4.74 Å². The predicted octanol–water partition coefficient (Wildman–Crippen LogP) is 0.926. The van der Waals surface area contributed by atoms with Crippen molar-refractivity contribution < 1.29 is 9.53 Å². The zero-order chi connectivity index (χ0) is 8.27. The zero-order valence-electron chi connectivity index (χ0n) is 5.83. The topological polar surface area (TPSA) is 55.0 Å². The Kier molecular flexibility index (Phi) is 2.32. The van der Waals surface area contributed by atoms with Crippen molar-refractivity contribution in [1.29, 1.82) is 0 Å². The number of hydrogen-bond acceptors (Lipinski definition) is 4. The van der Waals surface area contributed by atoms with E-state index in [9.17, 15) is 4.79 Å². The van der Waals surface area contributed by atoms with Gasteiger partial charge in [-0.15, -0.1) is 0 Å². The molecule has 4 nitrogen and oxygen atoms in total. The van der Waals surface area contributed by atoms with Gasteiger partial charge >= 0.3 is 5.97 Å². The molecular weight excluding hydrogens is 164 g/mol. The van der Waals surface area contributed by atoms with E-state index in [0.717, 1.165) is 0 Å². The van der Waals surface area contributed by atoms with Crippen LogP contribution in [-0.4, -0.2) is 23.0 Å². The molecule has 0 aromatic carbocycles. The number of aromatic amines is 1. The van der Waals surface area contributed by atoms with Gasteiger partial charge in [0, 0.05) is 6.20 Å². The minimum absolute atomic E-state index is 0.282. The molecule has 1 heterocycles. The molecule has 1 aromatic rings. The number of hydrogen-bond donors (Lipinski definition) is 1. The molecule has 0 amide bonds. The summed E-state index contributed by atoms with van der Waals surface area (Å²) in [6.45, 7) is 0. The lowest BCUT2D eigenvalue weighted by Gasteiger charge is -1.95. The van der Waals surface area contributed by atoms with Crippen molar-refractivity contribution in [2.75, 3.05) is 7.11 Å². The number of aromatic nitrogens is 2. The van der Waals surface area contributed by atoms with Gasteiger partial charge in [-0.2, -0.15) is 0 Å². The normalized spacial score (nSPS) is 9.18. The number of ether oxygens (including phenoxy) is 1. The van der Waals surface area contributed by atoms with Gasteiger partial charge in [0.15, 0.2) is 0 Å². The molecule has 0 atom stereocenters. The van der Waals surface area contributed by atoms with Crippen LogP contribution in [0.25, 0.3) is 0 Å². The number of H-pyrrole nitrogens is 1. The van der Waals surface area contributed by atoms with E-state index < -0.39 is 5.97 Å². The highest BCUT2D eigenvalue weighted by Gasteiger charge is 2.06. The number of methoxy groups -OCH3 is 1. The van der Waals surface area contributed by atoms with Gasteiger partial charge in [-0.3, -0.25) is 0 Å². The van der Waals surface area contributed by atoms with E-state index in [-0.39, 0.29) is 5.56 Å². The number of esters is 1. The number of nitrogens with one attached hydrogen (secondary N) is 1. The molecule has 0 saturated carbocycles. The minimum Gasteiger partial charge on any atom is -0.465 e. The van der Waals surface area contributed by atoms with E-state index in [1.807, 2.05) is 0 Å². The van der Waals surface area contributed by atoms with E-state index in [1.165, 1.54) is 19.6 Å². The monoisotopic (exact) mass is 170 g/mol. The summed E-state index contributed by atoms with van der Waals surface area (Å²) in [6.07, 6.45) is 2.78. The Morgan fingerprint density at radius 2 is 2.55 bits per heavy atom. The van der Waals surface area contributed by atoms with Gasteiger partial charge in [-0.05, 0) is 0 Å². The molecule has 0 radical (unpaired) electrons. The molecule has 0 aliphatic heterocycles. The van der Waals surface area contributed by atoms with Crippen LogP contribution >= 0.6 is 12.2 Å². The maximum Gasteiger partial charge on any atom is 0.342 e. The first kappa shape index (κ1) is 7.87. The highest BCUT2D eigenvalue weighted by Crippen LogP contribution is 1.98. The van der Waals surface area contributed by atoms with E-state index in [2.05, 4.69) is 14.7 Å². The summed E-state index contributed by atoms with van der Waals surface area (Å²) >= 11 is 4.80. The molecule has 5 heteroatoms. The maximum absolute atomic E-state index is 10.9. The summed E-state index contributed by atoms with van der Waals surface area (Å²) in [7, 11) is 1.30. The Morgan fingerprint density at radius 3 is 3.09 bits per heavy atom. The lowest BCUT2D eigenvalue weighted by atomic mass is 10.3. The van der Waals surface area contributed by atoms with E-state index in [1.54, 1.807) is 0 Å². The summed E-state index contributed by atoms with van der Waals surface area (Å²) < 4.78 is 4.79. The number of rotatable bonds is 1. The van der Waals surface area contributed by atoms with Gasteiger partial charge in [0.25, 0.3) is 0 Å². The Labute approximate surface area is 68.2 Å². The summed E-state index contributed by atoms with van der Waals surface area (Å²) in [6, 6.07) is 0. The summed E-state index contributed by atoms with van der Waals surface area (Å²) in [5.41, 5.74) is 0.282. The van der Waals surface area contributed by atoms with Crippen molar-refractivity contribution in [2.45, 2.75) is 0 Å². The average molecular weight is 170 g/mol. The fourth-order valence-electron chi connectivity index (χ4n) is 0.599. The van der Waals surface area contributed by atoms with Crippen molar-refractivity contribution in [3.05, 3.63) is 22.7 Å². The molecule has 1 N–H and O–H groups in total. The molecule has 0 spiro atoms. The molecule has 0 unspecified atom stereocenters. The molecule has 0 bridgehead atoms. The van der Waals surface area contributed by atoms with Crippen LogP contribution in [0.1, 0.15) is 10.4 Å². The molecule has 58 valence electrons. The van der Waals surface area contributed by atoms with Crippen molar-refractivity contribution >= 4 is 18.2 Å². The fourth-order valence-corrected chi connectivity index (χ4v) is 0.788. The van der Waals surface area contributed by atoms with E-state index in [4.69, 9.17) is 12.2 Å². The molecule has 0 fully saturated rings. The molecule has 0 aliphatic rings. The van der Waals surface area contributed by atoms with Crippen LogP contribution in [0.5, 0.6) is 0 Å². The Bertz CT molecular complexity index is 320. The van der Waals surface area contributed by atoms with E-state index in [0.29, 0.717) is 4.64 Å². The lowest BCUT2D eigenvalue weighted by molar-refractivity contribution is 0.0599. The second kappa shape index (κ2) is 3.25. The number of nitrogens with zero attached hydrogens (tertiary/aromatic N) is 1. The zero-order valence-corrected chi connectivity index (χ0v) is 6.64. The highest BCUT2D eigenvalue weighted by atomic mass is 32.1. The standard InChI is InChI=1S/C6H6N2O2S/c1-10-6(9)4-2-7-3-8-5(4)11/h2-3H,1H3,(H,7,8,11). The van der Waals surface area contributed by atoms with Gasteiger partial charge in [0.05, 0.1) is 13.4 Å². The third kappa shape index (κ3) is 1.62. The number of carbonyl (C=O) groups excluding carboxylic acids is 1. The maximum atomic E-state index is 10.9. The van der Waals surface area contributed by atoms with Crippen LogP contribution in [0.2, 0.25) is 0 Å². The first-order chi connectivity index (χ1) is 5.25. The van der Waals surface area contributed by atoms with Gasteiger partial charge in [0.2, 0.25) is 0 Å². The first-order valence-electron chi connectivity index (χ1n) is 2.86. The molecule has 11 heavy (non-hydrogen) atoms. The van der Waals surface area contributed by atoms with Crippen LogP contribution in [0.4, 0.5) is 0 Å². The van der Waals surface area contributed by atoms with Crippen LogP contribution in [0, 0.1) is 4.64 Å². The van der Waals surface area contributed by atoms with Crippen molar-refractivity contribution in [1.82, 2.24) is 9.97 Å². The van der Waals surface area contributed by atoms with Crippen LogP contribution in [0.3, 0.4) is 0 Å². The minimum atomic E-state index is -0.473. The Hall–Kier alpha value is -1.23. The summed E-state index contributed by atoms with van der Waals surface area (Å²) in [4.78, 5) is 17.2. The molecule has 0 saturated heterocycles. The molecule has 1 aromatic heterocycles. The molecular formula is C6H6N2O2S. The molecule has 0 aliphatic carbocycles. The van der Waals surface area contributed by atoms with Crippen molar-refractivity contribution in [3.63, 3.8) is 0 Å². The quantitative estimate of drug-likeness (QED) is 0.503. The van der Waals surface area contributed by atoms with Crippen LogP contribution < -0.4 is 0 Å². The smallest absolute Gasteiger partial charge is 0.342 e. The molecule has 1 rings (SSSR count). The van der Waals surface area contributed by atoms with Gasteiger partial charge in [0.1, 0.15) is 10.2 Å². The number of carbonyl (C=O) groups is 1. The average Bonchev–Trinajstić information content (AvgIpc) is 2.04. The van der Waals surface area contributed by atoms with Gasteiger partial charge < -0.3 is 9.72 Å². The summed E-state index contributed by atoms with van der Waals surface area (Å²) in [5.74, 6) is -0.473. The van der Waals surface area contributed by atoms with Crippen molar-refractivity contribution in [2.24, 2.45) is 0 Å². The van der Waals surface area contributed by atoms with Gasteiger partial charge in [-0.1, -0.05) is 12.2 Å². The second-order valence-electron chi connectivity index (χ2n) is 1.79. The summed E-state index contributed by atoms with van der Waals surface area (Å²) in [5, 5.41) is 0. The Morgan fingerprint density at radius 1 is 1.82 bits per heavy atom. The van der Waals surface area contributed by atoms with E-state index >= 15 is 0 Å². The third-order valence-electron chi connectivity index (χ3n) is 1.12. The highest BCUT2D eigenvalue weighted by molar-refractivity contribution is 7.71. The first-order valence-corrected chi connectivity index (χ1v) is 3.27. The predicted molar refractivity (Wildman–Crippen MR) is 40.8 cm³/mol.